The lowest BCUT2D eigenvalue weighted by atomic mass is 9.76. The summed E-state index contributed by atoms with van der Waals surface area (Å²) in [5.74, 6) is 0.370. The van der Waals surface area contributed by atoms with Crippen LogP contribution in [0, 0.1) is 0 Å². The fourth-order valence-electron chi connectivity index (χ4n) is 3.28. The highest BCUT2D eigenvalue weighted by Crippen LogP contribution is 2.56. The fourth-order valence-corrected chi connectivity index (χ4v) is 3.58. The second kappa shape index (κ2) is 4.00. The van der Waals surface area contributed by atoms with Gasteiger partial charge >= 0.3 is 0 Å². The molecule has 2 aliphatic rings. The van der Waals surface area contributed by atoms with Gasteiger partial charge in [-0.3, -0.25) is 0 Å². The first-order chi connectivity index (χ1) is 8.74. The van der Waals surface area contributed by atoms with E-state index in [1.165, 1.54) is 16.7 Å². The number of rotatable bonds is 2. The van der Waals surface area contributed by atoms with Crippen molar-refractivity contribution >= 4 is 11.6 Å². The standard InChI is InChI=1S/C17H15Cl/c1-3-17(4-2)13-9-6-5-8-12(13)16-14(17)10-7-11-15(16)18/h3-7,9-12H,1-2,8H2. The molecule has 1 aromatic carbocycles. The summed E-state index contributed by atoms with van der Waals surface area (Å²) in [6.07, 6.45) is 11.5. The fraction of sp³-hybridized carbons (Fsp3) is 0.176. The van der Waals surface area contributed by atoms with Gasteiger partial charge in [0.1, 0.15) is 0 Å². The quantitative estimate of drug-likeness (QED) is 0.656. The minimum Gasteiger partial charge on any atom is -0.102 e. The minimum atomic E-state index is -0.254. The Morgan fingerprint density at radius 1 is 1.28 bits per heavy atom. The number of benzene rings is 1. The van der Waals surface area contributed by atoms with Gasteiger partial charge in [-0.25, -0.2) is 0 Å². The van der Waals surface area contributed by atoms with Gasteiger partial charge < -0.3 is 0 Å². The maximum atomic E-state index is 6.41. The van der Waals surface area contributed by atoms with Gasteiger partial charge in [-0.15, -0.1) is 13.2 Å². The SMILES string of the molecule is C=CC1(C=C)C2=CC=CCC2c2c(Cl)cccc21. The lowest BCUT2D eigenvalue weighted by Gasteiger charge is -2.27. The average Bonchev–Trinajstić information content (AvgIpc) is 2.70. The van der Waals surface area contributed by atoms with E-state index in [1.54, 1.807) is 0 Å². The monoisotopic (exact) mass is 254 g/mol. The molecular formula is C17H15Cl. The van der Waals surface area contributed by atoms with Crippen molar-refractivity contribution in [1.29, 1.82) is 0 Å². The van der Waals surface area contributed by atoms with Gasteiger partial charge in [0.2, 0.25) is 0 Å². The maximum Gasteiger partial charge on any atom is 0.0529 e. The molecule has 0 spiro atoms. The van der Waals surface area contributed by atoms with Crippen LogP contribution in [-0.2, 0) is 5.41 Å². The molecule has 0 radical (unpaired) electrons. The van der Waals surface area contributed by atoms with E-state index in [0.29, 0.717) is 5.92 Å². The van der Waals surface area contributed by atoms with Gasteiger partial charge in [-0.1, -0.05) is 54.1 Å². The predicted molar refractivity (Wildman–Crippen MR) is 78.1 cm³/mol. The van der Waals surface area contributed by atoms with Gasteiger partial charge in [0, 0.05) is 10.9 Å². The second-order valence-electron chi connectivity index (χ2n) is 4.82. The molecule has 0 aliphatic heterocycles. The van der Waals surface area contributed by atoms with Gasteiger partial charge in [0.25, 0.3) is 0 Å². The number of hydrogen-bond donors (Lipinski definition) is 0. The molecule has 90 valence electrons. The summed E-state index contributed by atoms with van der Waals surface area (Å²) in [5, 5.41) is 0.851. The van der Waals surface area contributed by atoms with Crippen LogP contribution in [0.3, 0.4) is 0 Å². The van der Waals surface area contributed by atoms with E-state index in [4.69, 9.17) is 11.6 Å². The summed E-state index contributed by atoms with van der Waals surface area (Å²) in [5.41, 5.74) is 3.57. The third-order valence-corrected chi connectivity index (χ3v) is 4.46. The van der Waals surface area contributed by atoms with Crippen LogP contribution in [0.15, 0.2) is 67.3 Å². The van der Waals surface area contributed by atoms with Gasteiger partial charge in [0.05, 0.1) is 5.41 Å². The zero-order chi connectivity index (χ0) is 12.8. The first kappa shape index (κ1) is 11.6. The number of halogens is 1. The minimum absolute atomic E-state index is 0.254. The number of fused-ring (bicyclic) bond motifs is 3. The molecule has 0 aromatic heterocycles. The molecule has 0 saturated heterocycles. The number of hydrogen-bond acceptors (Lipinski definition) is 0. The van der Waals surface area contributed by atoms with Crippen molar-refractivity contribution in [3.63, 3.8) is 0 Å². The predicted octanol–water partition coefficient (Wildman–Crippen LogP) is 4.93. The van der Waals surface area contributed by atoms with E-state index in [2.05, 4.69) is 37.5 Å². The Balaban J connectivity index is 2.37. The van der Waals surface area contributed by atoms with Crippen molar-refractivity contribution in [2.75, 3.05) is 0 Å². The highest BCUT2D eigenvalue weighted by atomic mass is 35.5. The molecule has 2 aliphatic carbocycles. The maximum absolute atomic E-state index is 6.41. The van der Waals surface area contributed by atoms with Crippen LogP contribution in [0.1, 0.15) is 23.5 Å². The molecular weight excluding hydrogens is 240 g/mol. The van der Waals surface area contributed by atoms with Crippen molar-refractivity contribution in [1.82, 2.24) is 0 Å². The van der Waals surface area contributed by atoms with E-state index in [1.807, 2.05) is 24.3 Å². The highest BCUT2D eigenvalue weighted by molar-refractivity contribution is 6.31. The van der Waals surface area contributed by atoms with Gasteiger partial charge in [-0.05, 0) is 29.2 Å². The normalized spacial score (nSPS) is 22.9. The zero-order valence-electron chi connectivity index (χ0n) is 10.2. The van der Waals surface area contributed by atoms with Crippen LogP contribution in [0.4, 0.5) is 0 Å². The first-order valence-electron chi connectivity index (χ1n) is 6.18. The Hall–Kier alpha value is -1.53. The molecule has 18 heavy (non-hydrogen) atoms. The Morgan fingerprint density at radius 3 is 2.78 bits per heavy atom. The van der Waals surface area contributed by atoms with Crippen molar-refractivity contribution < 1.29 is 0 Å². The molecule has 3 rings (SSSR count). The number of allylic oxidation sites excluding steroid dienone is 6. The Kier molecular flexibility index (Phi) is 2.57. The van der Waals surface area contributed by atoms with Crippen LogP contribution in [-0.4, -0.2) is 0 Å². The molecule has 0 saturated carbocycles. The zero-order valence-corrected chi connectivity index (χ0v) is 11.0. The Bertz CT molecular complexity index is 582. The van der Waals surface area contributed by atoms with Gasteiger partial charge in [0.15, 0.2) is 0 Å². The molecule has 1 unspecified atom stereocenters. The lowest BCUT2D eigenvalue weighted by molar-refractivity contribution is 0.736. The lowest BCUT2D eigenvalue weighted by Crippen LogP contribution is -2.20. The summed E-state index contributed by atoms with van der Waals surface area (Å²) in [7, 11) is 0. The van der Waals surface area contributed by atoms with E-state index in [-0.39, 0.29) is 5.41 Å². The summed E-state index contributed by atoms with van der Waals surface area (Å²) < 4.78 is 0. The second-order valence-corrected chi connectivity index (χ2v) is 5.22. The summed E-state index contributed by atoms with van der Waals surface area (Å²) in [6, 6.07) is 6.12. The largest absolute Gasteiger partial charge is 0.102 e. The Morgan fingerprint density at radius 2 is 2.06 bits per heavy atom. The molecule has 0 bridgehead atoms. The van der Waals surface area contributed by atoms with Crippen LogP contribution < -0.4 is 0 Å². The molecule has 0 amide bonds. The molecule has 1 aromatic rings. The van der Waals surface area contributed by atoms with Crippen LogP contribution in [0.25, 0.3) is 0 Å². The van der Waals surface area contributed by atoms with E-state index < -0.39 is 0 Å². The molecule has 0 nitrogen and oxygen atoms in total. The smallest absolute Gasteiger partial charge is 0.0529 e. The first-order valence-corrected chi connectivity index (χ1v) is 6.55. The summed E-state index contributed by atoms with van der Waals surface area (Å²) in [6.45, 7) is 8.05. The third kappa shape index (κ3) is 1.27. The molecule has 1 heteroatoms. The summed E-state index contributed by atoms with van der Waals surface area (Å²) in [4.78, 5) is 0. The molecule has 1 atom stereocenters. The van der Waals surface area contributed by atoms with Crippen molar-refractivity contribution in [2.24, 2.45) is 0 Å². The van der Waals surface area contributed by atoms with Gasteiger partial charge in [-0.2, -0.15) is 0 Å². The van der Waals surface area contributed by atoms with Crippen molar-refractivity contribution in [3.05, 3.63) is 83.5 Å². The molecule has 0 heterocycles. The molecule has 0 fully saturated rings. The molecule has 0 N–H and O–H groups in total. The van der Waals surface area contributed by atoms with E-state index in [0.717, 1.165) is 11.4 Å². The van der Waals surface area contributed by atoms with E-state index >= 15 is 0 Å². The van der Waals surface area contributed by atoms with Crippen LogP contribution in [0.5, 0.6) is 0 Å². The Labute approximate surface area is 113 Å². The topological polar surface area (TPSA) is 0 Å². The third-order valence-electron chi connectivity index (χ3n) is 4.13. The van der Waals surface area contributed by atoms with Crippen molar-refractivity contribution in [3.8, 4) is 0 Å². The average molecular weight is 255 g/mol. The van der Waals surface area contributed by atoms with Crippen LogP contribution in [0.2, 0.25) is 5.02 Å². The highest BCUT2D eigenvalue weighted by Gasteiger charge is 2.44. The van der Waals surface area contributed by atoms with E-state index in [9.17, 15) is 0 Å². The summed E-state index contributed by atoms with van der Waals surface area (Å²) >= 11 is 6.41. The van der Waals surface area contributed by atoms with Crippen molar-refractivity contribution in [2.45, 2.75) is 17.8 Å². The van der Waals surface area contributed by atoms with Crippen LogP contribution >= 0.6 is 11.6 Å².